The topological polar surface area (TPSA) is 66.5 Å². The fraction of sp³-hybridized carbons (Fsp3) is 0.526. The molecule has 2 heterocycles. The van der Waals surface area contributed by atoms with Gasteiger partial charge in [0.15, 0.2) is 0 Å². The lowest BCUT2D eigenvalue weighted by Gasteiger charge is -2.32. The van der Waals surface area contributed by atoms with E-state index in [1.807, 2.05) is 17.0 Å². The van der Waals surface area contributed by atoms with Gasteiger partial charge in [-0.15, -0.1) is 0 Å². The molecule has 126 valence electrons. The lowest BCUT2D eigenvalue weighted by atomic mass is 9.79. The van der Waals surface area contributed by atoms with Crippen molar-refractivity contribution in [3.05, 3.63) is 35.4 Å². The van der Waals surface area contributed by atoms with Crippen LogP contribution in [0.4, 0.5) is 0 Å². The van der Waals surface area contributed by atoms with E-state index in [2.05, 4.69) is 17.4 Å². The normalized spacial score (nSPS) is 29.5. The lowest BCUT2D eigenvalue weighted by Crippen LogP contribution is -2.50. The maximum absolute atomic E-state index is 13.1. The van der Waals surface area contributed by atoms with Crippen LogP contribution in [0.15, 0.2) is 24.3 Å². The Bertz CT molecular complexity index is 714. The van der Waals surface area contributed by atoms with E-state index >= 15 is 0 Å². The molecule has 2 saturated heterocycles. The molecular formula is C19H22N2O3. The van der Waals surface area contributed by atoms with Crippen LogP contribution < -0.4 is 5.32 Å². The number of nitrogens with zero attached hydrogens (tertiary/aromatic N) is 1. The Morgan fingerprint density at radius 2 is 2.00 bits per heavy atom. The minimum absolute atomic E-state index is 0.0848. The van der Waals surface area contributed by atoms with Crippen LogP contribution in [0, 0.1) is 5.41 Å². The van der Waals surface area contributed by atoms with Gasteiger partial charge < -0.3 is 4.90 Å². The summed E-state index contributed by atoms with van der Waals surface area (Å²) in [4.78, 5) is 38.6. The Morgan fingerprint density at radius 3 is 2.83 bits per heavy atom. The Hall–Kier alpha value is -2.17. The molecular weight excluding hydrogens is 304 g/mol. The lowest BCUT2D eigenvalue weighted by molar-refractivity contribution is -0.141. The van der Waals surface area contributed by atoms with Crippen LogP contribution in [0.3, 0.4) is 0 Å². The van der Waals surface area contributed by atoms with Crippen LogP contribution in [-0.4, -0.2) is 35.7 Å². The van der Waals surface area contributed by atoms with Gasteiger partial charge in [-0.1, -0.05) is 24.3 Å². The molecule has 0 saturated carbocycles. The van der Waals surface area contributed by atoms with E-state index < -0.39 is 5.41 Å². The van der Waals surface area contributed by atoms with E-state index in [0.717, 1.165) is 24.8 Å². The highest BCUT2D eigenvalue weighted by Gasteiger charge is 2.49. The number of hydrogen-bond acceptors (Lipinski definition) is 3. The smallest absolute Gasteiger partial charge is 0.234 e. The SMILES string of the molecule is O=C1CCC2(CCN(C(=O)[C@@H]3CCCc4ccccc43)C2)C(=O)N1. The van der Waals surface area contributed by atoms with Crippen LogP contribution in [-0.2, 0) is 20.8 Å². The van der Waals surface area contributed by atoms with Gasteiger partial charge in [-0.3, -0.25) is 19.7 Å². The third-order valence-electron chi connectivity index (χ3n) is 5.90. The van der Waals surface area contributed by atoms with E-state index in [4.69, 9.17) is 0 Å². The molecule has 2 aliphatic heterocycles. The number of hydrogen-bond donors (Lipinski definition) is 1. The summed E-state index contributed by atoms with van der Waals surface area (Å²) in [5.74, 6) is -0.336. The van der Waals surface area contributed by atoms with Crippen molar-refractivity contribution in [3.63, 3.8) is 0 Å². The largest absolute Gasteiger partial charge is 0.341 e. The quantitative estimate of drug-likeness (QED) is 0.800. The number of benzene rings is 1. The average Bonchev–Trinajstić information content (AvgIpc) is 3.03. The van der Waals surface area contributed by atoms with Gasteiger partial charge in [0.05, 0.1) is 11.3 Å². The number of amides is 3. The molecule has 1 N–H and O–H groups in total. The molecule has 0 aromatic heterocycles. The molecule has 2 fully saturated rings. The van der Waals surface area contributed by atoms with Gasteiger partial charge in [-0.2, -0.15) is 0 Å². The molecule has 0 bridgehead atoms. The van der Waals surface area contributed by atoms with Crippen molar-refractivity contribution in [1.82, 2.24) is 10.2 Å². The molecule has 4 rings (SSSR count). The average molecular weight is 326 g/mol. The van der Waals surface area contributed by atoms with Crippen molar-refractivity contribution < 1.29 is 14.4 Å². The van der Waals surface area contributed by atoms with E-state index in [-0.39, 0.29) is 23.6 Å². The van der Waals surface area contributed by atoms with Gasteiger partial charge in [0.1, 0.15) is 0 Å². The number of carbonyl (C=O) groups is 3. The van der Waals surface area contributed by atoms with Crippen molar-refractivity contribution in [2.45, 2.75) is 44.4 Å². The molecule has 1 unspecified atom stereocenters. The molecule has 1 aromatic rings. The van der Waals surface area contributed by atoms with Crippen LogP contribution in [0.2, 0.25) is 0 Å². The number of nitrogens with one attached hydrogen (secondary N) is 1. The molecule has 3 aliphatic rings. The number of rotatable bonds is 1. The fourth-order valence-electron chi connectivity index (χ4n) is 4.47. The fourth-order valence-corrected chi connectivity index (χ4v) is 4.47. The third-order valence-corrected chi connectivity index (χ3v) is 5.90. The zero-order valence-corrected chi connectivity index (χ0v) is 13.7. The number of fused-ring (bicyclic) bond motifs is 1. The highest BCUT2D eigenvalue weighted by Crippen LogP contribution is 2.40. The first kappa shape index (κ1) is 15.4. The molecule has 1 aromatic carbocycles. The molecule has 5 heteroatoms. The number of likely N-dealkylation sites (tertiary alicyclic amines) is 1. The maximum atomic E-state index is 13.1. The summed E-state index contributed by atoms with van der Waals surface area (Å²) in [6.45, 7) is 1.06. The number of imide groups is 1. The van der Waals surface area contributed by atoms with Gasteiger partial charge >= 0.3 is 0 Å². The molecule has 3 amide bonds. The minimum Gasteiger partial charge on any atom is -0.341 e. The summed E-state index contributed by atoms with van der Waals surface area (Å²) in [5, 5.41) is 2.45. The number of piperidine rings is 1. The summed E-state index contributed by atoms with van der Waals surface area (Å²) in [7, 11) is 0. The summed E-state index contributed by atoms with van der Waals surface area (Å²) < 4.78 is 0. The monoisotopic (exact) mass is 326 g/mol. The second-order valence-corrected chi connectivity index (χ2v) is 7.31. The van der Waals surface area contributed by atoms with Crippen LogP contribution in [0.5, 0.6) is 0 Å². The minimum atomic E-state index is -0.558. The van der Waals surface area contributed by atoms with Crippen LogP contribution >= 0.6 is 0 Å². The Kier molecular flexibility index (Phi) is 3.66. The summed E-state index contributed by atoms with van der Waals surface area (Å²) in [6, 6.07) is 8.20. The highest BCUT2D eigenvalue weighted by atomic mass is 16.2. The Balaban J connectivity index is 1.53. The van der Waals surface area contributed by atoms with Gasteiger partial charge in [0.2, 0.25) is 17.7 Å². The molecule has 5 nitrogen and oxygen atoms in total. The van der Waals surface area contributed by atoms with E-state index in [0.29, 0.717) is 32.4 Å². The zero-order chi connectivity index (χ0) is 16.7. The third kappa shape index (κ3) is 2.43. The van der Waals surface area contributed by atoms with Crippen LogP contribution in [0.1, 0.15) is 49.1 Å². The van der Waals surface area contributed by atoms with Gasteiger partial charge in [-0.25, -0.2) is 0 Å². The molecule has 2 atom stereocenters. The highest BCUT2D eigenvalue weighted by molar-refractivity contribution is 6.01. The van der Waals surface area contributed by atoms with E-state index in [1.165, 1.54) is 5.56 Å². The first-order chi connectivity index (χ1) is 11.6. The van der Waals surface area contributed by atoms with Crippen molar-refractivity contribution in [3.8, 4) is 0 Å². The van der Waals surface area contributed by atoms with E-state index in [1.54, 1.807) is 0 Å². The van der Waals surface area contributed by atoms with Gasteiger partial charge in [0.25, 0.3) is 0 Å². The van der Waals surface area contributed by atoms with Crippen molar-refractivity contribution >= 4 is 17.7 Å². The first-order valence-corrected chi connectivity index (χ1v) is 8.80. The predicted octanol–water partition coefficient (Wildman–Crippen LogP) is 1.76. The number of carbonyl (C=O) groups excluding carboxylic acids is 3. The summed E-state index contributed by atoms with van der Waals surface area (Å²) >= 11 is 0. The second-order valence-electron chi connectivity index (χ2n) is 7.31. The Labute approximate surface area is 141 Å². The number of aryl methyl sites for hydroxylation is 1. The standard InChI is InChI=1S/C19H22N2O3/c22-16-8-9-19(18(24)20-16)10-11-21(12-19)17(23)15-7-3-5-13-4-1-2-6-14(13)15/h1-2,4,6,15H,3,5,7-12H2,(H,20,22,24)/t15-,19?/m1/s1. The van der Waals surface area contributed by atoms with Crippen molar-refractivity contribution in [2.75, 3.05) is 13.1 Å². The summed E-state index contributed by atoms with van der Waals surface area (Å²) in [5.41, 5.74) is 1.87. The summed E-state index contributed by atoms with van der Waals surface area (Å²) in [6.07, 6.45) is 4.54. The molecule has 1 aliphatic carbocycles. The van der Waals surface area contributed by atoms with Crippen molar-refractivity contribution in [1.29, 1.82) is 0 Å². The maximum Gasteiger partial charge on any atom is 0.234 e. The van der Waals surface area contributed by atoms with Crippen molar-refractivity contribution in [2.24, 2.45) is 5.41 Å². The van der Waals surface area contributed by atoms with Gasteiger partial charge in [0, 0.05) is 19.5 Å². The molecule has 1 spiro atoms. The Morgan fingerprint density at radius 1 is 1.17 bits per heavy atom. The molecule has 0 radical (unpaired) electrons. The first-order valence-electron chi connectivity index (χ1n) is 8.80. The van der Waals surface area contributed by atoms with Gasteiger partial charge in [-0.05, 0) is 43.2 Å². The molecule has 24 heavy (non-hydrogen) atoms. The zero-order valence-electron chi connectivity index (χ0n) is 13.7. The van der Waals surface area contributed by atoms with E-state index in [9.17, 15) is 14.4 Å². The second kappa shape index (κ2) is 5.72. The van der Waals surface area contributed by atoms with Crippen LogP contribution in [0.25, 0.3) is 0 Å². The predicted molar refractivity (Wildman–Crippen MR) is 88.1 cm³/mol.